The molecule has 1 aromatic heterocycles. The molecule has 1 saturated heterocycles. The first-order valence-electron chi connectivity index (χ1n) is 4.58. The maximum absolute atomic E-state index is 14.0. The Hall–Kier alpha value is -0.940. The zero-order valence-corrected chi connectivity index (χ0v) is 9.02. The van der Waals surface area contributed by atoms with Gasteiger partial charge in [0, 0.05) is 19.4 Å². The molecule has 2 heterocycles. The van der Waals surface area contributed by atoms with E-state index in [1.165, 1.54) is 0 Å². The highest BCUT2D eigenvalue weighted by Gasteiger charge is 2.41. The van der Waals surface area contributed by atoms with Gasteiger partial charge in [-0.15, -0.1) is 19.0 Å². The minimum atomic E-state index is -1.48. The molecule has 1 aliphatic rings. The highest BCUT2D eigenvalue weighted by Crippen LogP contribution is 2.30. The minimum Gasteiger partial charge on any atom is -0.336 e. The predicted molar refractivity (Wildman–Crippen MR) is 55.7 cm³/mol. The molecule has 0 radical (unpaired) electrons. The van der Waals surface area contributed by atoms with Crippen molar-refractivity contribution in [1.29, 1.82) is 0 Å². The molecule has 1 N–H and O–H groups in total. The molecule has 1 aromatic rings. The number of hydrogen-bond donors (Lipinski definition) is 1. The van der Waals surface area contributed by atoms with Crippen LogP contribution in [0.4, 0.5) is 4.39 Å². The molecule has 1 aliphatic heterocycles. The van der Waals surface area contributed by atoms with Crippen molar-refractivity contribution in [3.05, 3.63) is 24.4 Å². The zero-order valence-electron chi connectivity index (χ0n) is 8.20. The maximum atomic E-state index is 14.0. The van der Waals surface area contributed by atoms with Crippen LogP contribution in [0.15, 0.2) is 17.2 Å². The number of alkyl halides is 1. The van der Waals surface area contributed by atoms with Crippen LogP contribution in [-0.4, -0.2) is 23.2 Å². The zero-order chi connectivity index (χ0) is 10.0. The van der Waals surface area contributed by atoms with Gasteiger partial charge in [0.25, 0.3) is 5.89 Å². The van der Waals surface area contributed by atoms with Crippen LogP contribution in [0, 0.1) is 0 Å². The predicted octanol–water partition coefficient (Wildman–Crippen LogP) is 1.38. The first-order valence-corrected chi connectivity index (χ1v) is 4.58. The third-order valence-electron chi connectivity index (χ3n) is 2.28. The summed E-state index contributed by atoms with van der Waals surface area (Å²) in [4.78, 5) is 3.99. The van der Waals surface area contributed by atoms with Crippen LogP contribution in [0.5, 0.6) is 0 Å². The Morgan fingerprint density at radius 3 is 3.07 bits per heavy atom. The van der Waals surface area contributed by atoms with E-state index in [1.807, 2.05) is 0 Å². The Balaban J connectivity index is 0.00000112. The summed E-state index contributed by atoms with van der Waals surface area (Å²) in [7, 11) is 0. The SMILES string of the molecule is C=CCc1noc(C2(F)CCNC2)n1.Cl. The number of nitrogens with one attached hydrogen (secondary N) is 1. The molecule has 0 amide bonds. The van der Waals surface area contributed by atoms with Crippen LogP contribution >= 0.6 is 12.4 Å². The maximum Gasteiger partial charge on any atom is 0.265 e. The van der Waals surface area contributed by atoms with Crippen molar-refractivity contribution in [3.63, 3.8) is 0 Å². The van der Waals surface area contributed by atoms with Crippen molar-refractivity contribution >= 4 is 12.4 Å². The van der Waals surface area contributed by atoms with E-state index < -0.39 is 5.67 Å². The molecule has 1 unspecified atom stereocenters. The molecule has 0 spiro atoms. The smallest absolute Gasteiger partial charge is 0.265 e. The van der Waals surface area contributed by atoms with E-state index in [2.05, 4.69) is 22.0 Å². The molecule has 0 saturated carbocycles. The van der Waals surface area contributed by atoms with Gasteiger partial charge in [-0.05, 0) is 6.54 Å². The topological polar surface area (TPSA) is 51.0 Å². The van der Waals surface area contributed by atoms with Gasteiger partial charge >= 0.3 is 0 Å². The molecule has 15 heavy (non-hydrogen) atoms. The fraction of sp³-hybridized carbons (Fsp3) is 0.556. The van der Waals surface area contributed by atoms with E-state index in [1.54, 1.807) is 6.08 Å². The molecular formula is C9H13ClFN3O. The summed E-state index contributed by atoms with van der Waals surface area (Å²) in [5.41, 5.74) is -1.48. The summed E-state index contributed by atoms with van der Waals surface area (Å²) in [6.07, 6.45) is 2.56. The second-order valence-corrected chi connectivity index (χ2v) is 3.40. The fourth-order valence-corrected chi connectivity index (χ4v) is 1.49. The van der Waals surface area contributed by atoms with Crippen molar-refractivity contribution in [2.75, 3.05) is 13.1 Å². The lowest BCUT2D eigenvalue weighted by atomic mass is 10.1. The van der Waals surface area contributed by atoms with Gasteiger partial charge in [0.2, 0.25) is 5.67 Å². The molecule has 0 bridgehead atoms. The Morgan fingerprint density at radius 2 is 2.47 bits per heavy atom. The van der Waals surface area contributed by atoms with Gasteiger partial charge in [-0.1, -0.05) is 11.2 Å². The highest BCUT2D eigenvalue weighted by atomic mass is 35.5. The molecule has 1 fully saturated rings. The molecule has 0 aliphatic carbocycles. The van der Waals surface area contributed by atoms with Crippen LogP contribution < -0.4 is 5.32 Å². The lowest BCUT2D eigenvalue weighted by Crippen LogP contribution is -2.23. The number of halogens is 2. The quantitative estimate of drug-likeness (QED) is 0.802. The summed E-state index contributed by atoms with van der Waals surface area (Å²) in [6.45, 7) is 4.45. The number of allylic oxidation sites excluding steroid dienone is 1. The molecular weight excluding hydrogens is 221 g/mol. The third kappa shape index (κ3) is 2.35. The largest absolute Gasteiger partial charge is 0.336 e. The molecule has 84 valence electrons. The van der Waals surface area contributed by atoms with E-state index in [0.717, 1.165) is 0 Å². The summed E-state index contributed by atoms with van der Waals surface area (Å²) in [5, 5.41) is 6.60. The van der Waals surface area contributed by atoms with E-state index >= 15 is 0 Å². The van der Waals surface area contributed by atoms with Crippen molar-refractivity contribution in [3.8, 4) is 0 Å². The van der Waals surface area contributed by atoms with Gasteiger partial charge in [-0.25, -0.2) is 4.39 Å². The van der Waals surface area contributed by atoms with E-state index in [0.29, 0.717) is 25.2 Å². The number of aromatic nitrogens is 2. The Labute approximate surface area is 93.3 Å². The van der Waals surface area contributed by atoms with Crippen LogP contribution in [0.2, 0.25) is 0 Å². The normalized spacial score (nSPS) is 24.9. The first kappa shape index (κ1) is 12.1. The lowest BCUT2D eigenvalue weighted by molar-refractivity contribution is 0.133. The summed E-state index contributed by atoms with van der Waals surface area (Å²) in [5.74, 6) is 0.568. The van der Waals surface area contributed by atoms with Crippen molar-refractivity contribution < 1.29 is 8.91 Å². The molecule has 6 heteroatoms. The van der Waals surface area contributed by atoms with E-state index in [9.17, 15) is 4.39 Å². The fourth-order valence-electron chi connectivity index (χ4n) is 1.49. The van der Waals surface area contributed by atoms with Crippen molar-refractivity contribution in [2.45, 2.75) is 18.5 Å². The van der Waals surface area contributed by atoms with Gasteiger partial charge in [-0.3, -0.25) is 0 Å². The van der Waals surface area contributed by atoms with E-state index in [-0.39, 0.29) is 24.8 Å². The first-order chi connectivity index (χ1) is 6.74. The van der Waals surface area contributed by atoms with Gasteiger partial charge in [0.15, 0.2) is 5.82 Å². The minimum absolute atomic E-state index is 0. The van der Waals surface area contributed by atoms with Gasteiger partial charge < -0.3 is 9.84 Å². The standard InChI is InChI=1S/C9H12FN3O.ClH/c1-2-3-7-12-8(14-13-7)9(10)4-5-11-6-9;/h2,11H,1,3-6H2;1H. The van der Waals surface area contributed by atoms with Crippen LogP contribution in [0.1, 0.15) is 18.1 Å². The molecule has 1 atom stereocenters. The van der Waals surface area contributed by atoms with Crippen molar-refractivity contribution in [2.24, 2.45) is 0 Å². The summed E-state index contributed by atoms with van der Waals surface area (Å²) < 4.78 is 18.9. The van der Waals surface area contributed by atoms with Gasteiger partial charge in [0.1, 0.15) is 0 Å². The molecule has 2 rings (SSSR count). The van der Waals surface area contributed by atoms with Gasteiger partial charge in [0.05, 0.1) is 0 Å². The monoisotopic (exact) mass is 233 g/mol. The summed E-state index contributed by atoms with van der Waals surface area (Å²) >= 11 is 0. The average molecular weight is 234 g/mol. The highest BCUT2D eigenvalue weighted by molar-refractivity contribution is 5.85. The van der Waals surface area contributed by atoms with Crippen LogP contribution in [-0.2, 0) is 12.1 Å². The van der Waals surface area contributed by atoms with Gasteiger partial charge in [-0.2, -0.15) is 4.98 Å². The second kappa shape index (κ2) is 4.72. The second-order valence-electron chi connectivity index (χ2n) is 3.40. The third-order valence-corrected chi connectivity index (χ3v) is 2.28. The number of rotatable bonds is 3. The van der Waals surface area contributed by atoms with E-state index in [4.69, 9.17) is 4.52 Å². The Bertz CT molecular complexity index is 336. The van der Waals surface area contributed by atoms with Crippen LogP contribution in [0.3, 0.4) is 0 Å². The number of nitrogens with zero attached hydrogens (tertiary/aromatic N) is 2. The Kier molecular flexibility index (Phi) is 3.82. The number of hydrogen-bond acceptors (Lipinski definition) is 4. The van der Waals surface area contributed by atoms with Crippen LogP contribution in [0.25, 0.3) is 0 Å². The summed E-state index contributed by atoms with van der Waals surface area (Å²) in [6, 6.07) is 0. The Morgan fingerprint density at radius 1 is 1.67 bits per heavy atom. The lowest BCUT2D eigenvalue weighted by Gasteiger charge is -2.10. The molecule has 4 nitrogen and oxygen atoms in total. The average Bonchev–Trinajstić information content (AvgIpc) is 2.75. The molecule has 0 aromatic carbocycles. The van der Waals surface area contributed by atoms with Crippen molar-refractivity contribution in [1.82, 2.24) is 15.5 Å².